The smallest absolute Gasteiger partial charge is 0.124 e. The van der Waals surface area contributed by atoms with E-state index in [0.717, 1.165) is 0 Å². The molecule has 0 radical (unpaired) electrons. The Balaban J connectivity index is 2.10. The number of benzene rings is 2. The van der Waals surface area contributed by atoms with Gasteiger partial charge in [0.25, 0.3) is 0 Å². The van der Waals surface area contributed by atoms with Crippen LogP contribution < -0.4 is 0 Å². The number of hydrogen-bond donors (Lipinski definition) is 2. The molecule has 0 heterocycles. The molecule has 0 amide bonds. The van der Waals surface area contributed by atoms with Crippen molar-refractivity contribution in [3.05, 3.63) is 70.5 Å². The van der Waals surface area contributed by atoms with Gasteiger partial charge in [0, 0.05) is 11.4 Å². The molecule has 0 aromatic heterocycles. The van der Waals surface area contributed by atoms with Crippen LogP contribution in [0.5, 0.6) is 0 Å². The highest BCUT2D eigenvalue weighted by Gasteiger charge is 2.19. The fraction of sp³-hybridized carbons (Fsp3) is 0.200. The number of aliphatic hydroxyl groups excluding tert-OH is 2. The summed E-state index contributed by atoms with van der Waals surface area (Å²) < 4.78 is 12.9. The average molecular weight is 281 g/mol. The summed E-state index contributed by atoms with van der Waals surface area (Å²) >= 11 is 5.89. The zero-order chi connectivity index (χ0) is 13.8. The van der Waals surface area contributed by atoms with E-state index in [9.17, 15) is 14.6 Å². The van der Waals surface area contributed by atoms with Crippen LogP contribution in [0.3, 0.4) is 0 Å². The third-order valence-electron chi connectivity index (χ3n) is 2.95. The minimum Gasteiger partial charge on any atom is -0.390 e. The Hall–Kier alpha value is -1.42. The van der Waals surface area contributed by atoms with Crippen molar-refractivity contribution in [2.24, 2.45) is 0 Å². The molecule has 0 saturated carbocycles. The third-order valence-corrected chi connectivity index (χ3v) is 3.30. The highest BCUT2D eigenvalue weighted by molar-refractivity contribution is 6.31. The quantitative estimate of drug-likeness (QED) is 0.903. The van der Waals surface area contributed by atoms with Crippen molar-refractivity contribution in [3.8, 4) is 0 Å². The molecule has 0 aliphatic carbocycles. The molecule has 2 atom stereocenters. The molecule has 2 N–H and O–H groups in total. The first-order valence-corrected chi connectivity index (χ1v) is 6.30. The van der Waals surface area contributed by atoms with Gasteiger partial charge in [-0.15, -0.1) is 0 Å². The monoisotopic (exact) mass is 280 g/mol. The lowest BCUT2D eigenvalue weighted by Crippen LogP contribution is -2.21. The van der Waals surface area contributed by atoms with Crippen LogP contribution in [0.1, 0.15) is 17.2 Å². The molecule has 0 fully saturated rings. The van der Waals surface area contributed by atoms with Gasteiger partial charge in [0.05, 0.1) is 6.10 Å². The van der Waals surface area contributed by atoms with Crippen LogP contribution in [0, 0.1) is 5.82 Å². The van der Waals surface area contributed by atoms with Crippen LogP contribution in [0.15, 0.2) is 48.5 Å². The SMILES string of the molecule is OC(Cc1ccc(F)cc1Cl)C(O)c1ccccc1. The maximum Gasteiger partial charge on any atom is 0.124 e. The molecule has 2 nitrogen and oxygen atoms in total. The Kier molecular flexibility index (Phi) is 4.53. The van der Waals surface area contributed by atoms with Gasteiger partial charge in [-0.3, -0.25) is 0 Å². The van der Waals surface area contributed by atoms with Gasteiger partial charge in [0.15, 0.2) is 0 Å². The zero-order valence-electron chi connectivity index (χ0n) is 10.1. The summed E-state index contributed by atoms with van der Waals surface area (Å²) in [6.07, 6.45) is -1.83. The normalized spacial score (nSPS) is 14.1. The van der Waals surface area contributed by atoms with Gasteiger partial charge in [-0.1, -0.05) is 48.0 Å². The fourth-order valence-corrected chi connectivity index (χ4v) is 2.14. The molecule has 0 aliphatic rings. The number of halogens is 2. The predicted octanol–water partition coefficient (Wildman–Crippen LogP) is 3.12. The Morgan fingerprint density at radius 1 is 1.05 bits per heavy atom. The lowest BCUT2D eigenvalue weighted by Gasteiger charge is -2.18. The van der Waals surface area contributed by atoms with E-state index in [0.29, 0.717) is 11.1 Å². The summed E-state index contributed by atoms with van der Waals surface area (Å²) in [5, 5.41) is 20.3. The Bertz CT molecular complexity index is 545. The minimum atomic E-state index is -0.998. The second kappa shape index (κ2) is 6.15. The molecule has 2 aromatic rings. The maximum atomic E-state index is 12.9. The van der Waals surface area contributed by atoms with Gasteiger partial charge in [-0.2, -0.15) is 0 Å². The van der Waals surface area contributed by atoms with Gasteiger partial charge in [0.1, 0.15) is 11.9 Å². The summed E-state index contributed by atoms with van der Waals surface area (Å²) in [6, 6.07) is 12.9. The summed E-state index contributed by atoms with van der Waals surface area (Å²) in [5.74, 6) is -0.424. The van der Waals surface area contributed by atoms with Gasteiger partial charge in [0.2, 0.25) is 0 Å². The fourth-order valence-electron chi connectivity index (χ4n) is 1.90. The first-order valence-electron chi connectivity index (χ1n) is 5.93. The third kappa shape index (κ3) is 3.53. The molecular weight excluding hydrogens is 267 g/mol. The number of rotatable bonds is 4. The van der Waals surface area contributed by atoms with E-state index in [1.54, 1.807) is 24.3 Å². The van der Waals surface area contributed by atoms with Crippen LogP contribution in [0.25, 0.3) is 0 Å². The predicted molar refractivity (Wildman–Crippen MR) is 72.5 cm³/mol. The van der Waals surface area contributed by atoms with Crippen LogP contribution in [-0.4, -0.2) is 16.3 Å². The largest absolute Gasteiger partial charge is 0.390 e. The van der Waals surface area contributed by atoms with Gasteiger partial charge < -0.3 is 10.2 Å². The zero-order valence-corrected chi connectivity index (χ0v) is 10.9. The summed E-state index contributed by atoms with van der Waals surface area (Å²) in [4.78, 5) is 0. The van der Waals surface area contributed by atoms with Gasteiger partial charge >= 0.3 is 0 Å². The molecule has 2 rings (SSSR count). The van der Waals surface area contributed by atoms with Crippen LogP contribution in [0.4, 0.5) is 4.39 Å². The summed E-state index contributed by atoms with van der Waals surface area (Å²) in [7, 11) is 0. The highest BCUT2D eigenvalue weighted by Crippen LogP contribution is 2.23. The molecule has 2 unspecified atom stereocenters. The lowest BCUT2D eigenvalue weighted by atomic mass is 9.98. The number of hydrogen-bond acceptors (Lipinski definition) is 2. The van der Waals surface area contributed by atoms with Crippen molar-refractivity contribution < 1.29 is 14.6 Å². The molecule has 0 saturated heterocycles. The minimum absolute atomic E-state index is 0.162. The van der Waals surface area contributed by atoms with Gasteiger partial charge in [-0.25, -0.2) is 4.39 Å². The average Bonchev–Trinajstić information content (AvgIpc) is 2.42. The standard InChI is InChI=1S/C15H14ClFO2/c16-13-9-12(17)7-6-11(13)8-14(18)15(19)10-4-2-1-3-5-10/h1-7,9,14-15,18-19H,8H2. The molecule has 0 spiro atoms. The Morgan fingerprint density at radius 2 is 1.74 bits per heavy atom. The topological polar surface area (TPSA) is 40.5 Å². The van der Waals surface area contributed by atoms with Crippen LogP contribution >= 0.6 is 11.6 Å². The first-order chi connectivity index (χ1) is 9.08. The van der Waals surface area contributed by atoms with Crippen molar-refractivity contribution in [2.45, 2.75) is 18.6 Å². The van der Waals surface area contributed by atoms with Crippen LogP contribution in [0.2, 0.25) is 5.02 Å². The van der Waals surface area contributed by atoms with Crippen molar-refractivity contribution in [3.63, 3.8) is 0 Å². The second-order valence-electron chi connectivity index (χ2n) is 4.36. The van der Waals surface area contributed by atoms with Crippen molar-refractivity contribution in [2.75, 3.05) is 0 Å². The number of aliphatic hydroxyl groups is 2. The molecule has 0 aliphatic heterocycles. The van der Waals surface area contributed by atoms with Crippen LogP contribution in [-0.2, 0) is 6.42 Å². The Labute approximate surface area is 116 Å². The summed E-state index contributed by atoms with van der Waals surface area (Å²) in [5.41, 5.74) is 1.23. The first kappa shape index (κ1) is 14.0. The van der Waals surface area contributed by atoms with E-state index < -0.39 is 18.0 Å². The van der Waals surface area contributed by atoms with E-state index in [1.165, 1.54) is 18.2 Å². The molecule has 4 heteroatoms. The molecular formula is C15H14ClFO2. The highest BCUT2D eigenvalue weighted by atomic mass is 35.5. The van der Waals surface area contributed by atoms with Crippen molar-refractivity contribution in [1.29, 1.82) is 0 Å². The van der Waals surface area contributed by atoms with E-state index in [1.807, 2.05) is 6.07 Å². The molecule has 19 heavy (non-hydrogen) atoms. The lowest BCUT2D eigenvalue weighted by molar-refractivity contribution is 0.0190. The van der Waals surface area contributed by atoms with E-state index in [-0.39, 0.29) is 11.4 Å². The Morgan fingerprint density at radius 3 is 2.37 bits per heavy atom. The van der Waals surface area contributed by atoms with Gasteiger partial charge in [-0.05, 0) is 23.3 Å². The molecule has 2 aromatic carbocycles. The molecule has 0 bridgehead atoms. The van der Waals surface area contributed by atoms with E-state index in [2.05, 4.69) is 0 Å². The second-order valence-corrected chi connectivity index (χ2v) is 4.77. The maximum absolute atomic E-state index is 12.9. The molecule has 100 valence electrons. The summed E-state index contributed by atoms with van der Waals surface area (Å²) in [6.45, 7) is 0. The van der Waals surface area contributed by atoms with E-state index in [4.69, 9.17) is 11.6 Å². The van der Waals surface area contributed by atoms with E-state index >= 15 is 0 Å². The van der Waals surface area contributed by atoms with Crippen molar-refractivity contribution >= 4 is 11.6 Å². The van der Waals surface area contributed by atoms with Crippen molar-refractivity contribution in [1.82, 2.24) is 0 Å².